The fourth-order valence-electron chi connectivity index (χ4n) is 2.16. The van der Waals surface area contributed by atoms with E-state index < -0.39 is 10.4 Å². The maximum atomic E-state index is 10.2. The van der Waals surface area contributed by atoms with Crippen LogP contribution in [0.5, 0.6) is 0 Å². The van der Waals surface area contributed by atoms with E-state index in [-0.39, 0.29) is 131 Å². The molecule has 0 fully saturated rings. The van der Waals surface area contributed by atoms with Crippen LogP contribution in [0.25, 0.3) is 0 Å². The maximum absolute atomic E-state index is 10.2. The van der Waals surface area contributed by atoms with E-state index in [4.69, 9.17) is 41.2 Å². The molecule has 1 aromatic rings. The molecule has 0 atom stereocenters. The number of hydrogen-bond acceptors (Lipinski definition) is 6. The van der Waals surface area contributed by atoms with Crippen molar-refractivity contribution in [2.24, 2.45) is 0 Å². The number of rotatable bonds is 12. The topological polar surface area (TPSA) is 111 Å². The molecule has 0 saturated carbocycles. The molecule has 0 saturated heterocycles. The summed E-state index contributed by atoms with van der Waals surface area (Å²) < 4.78 is 34.3. The number of aromatic nitrogens is 3. The minimum absolute atomic E-state index is 0. The Labute approximate surface area is 290 Å². The molecule has 1 rings (SSSR count). The van der Waals surface area contributed by atoms with Crippen LogP contribution in [0.3, 0.4) is 0 Å². The predicted molar refractivity (Wildman–Crippen MR) is 116 cm³/mol. The van der Waals surface area contributed by atoms with E-state index >= 15 is 0 Å². The molecule has 0 bridgehead atoms. The molecular formula is C15H33N3Na4O4S4. The van der Waals surface area contributed by atoms with Gasteiger partial charge in [-0.3, -0.25) is 4.55 Å². The number of hydrogen-bond donors (Lipinski definition) is 4. The quantitative estimate of drug-likeness (QED) is 0.0907. The third-order valence-corrected chi connectivity index (χ3v) is 4.49. The Hall–Kier alpha value is 3.54. The van der Waals surface area contributed by atoms with Gasteiger partial charge in [-0.05, 0) is 43.1 Å². The minimum Gasteiger partial charge on any atom is -1.00 e. The molecule has 0 spiro atoms. The average molecular weight is 540 g/mol. The molecule has 7 nitrogen and oxygen atoms in total. The van der Waals surface area contributed by atoms with Crippen molar-refractivity contribution in [3.8, 4) is 0 Å². The van der Waals surface area contributed by atoms with Crippen molar-refractivity contribution in [1.29, 1.82) is 0 Å². The van der Waals surface area contributed by atoms with E-state index in [2.05, 4.69) is 26.1 Å². The molecule has 1 aromatic heterocycles. The molecule has 0 aliphatic rings. The van der Waals surface area contributed by atoms with Crippen molar-refractivity contribution in [2.45, 2.75) is 71.1 Å². The van der Waals surface area contributed by atoms with Gasteiger partial charge in [-0.15, -0.1) is 0 Å². The first kappa shape index (κ1) is 43.6. The molecule has 15 heteroatoms. The zero-order chi connectivity index (χ0) is 19.8. The van der Waals surface area contributed by atoms with Crippen LogP contribution < -0.4 is 118 Å². The first-order valence-electron chi connectivity index (χ1n) is 8.79. The van der Waals surface area contributed by atoms with E-state index in [0.717, 1.165) is 12.8 Å². The standard InChI is InChI=1S/C12H26O4S.C3H3N3S3.4Na.4H/c1-2-3-4-5-6-7-8-9-10-11-12-16-17(13,14)15;7-1-4-2(8)6-3(9)5-1;;;;;;;;/h2-12H2,1H3,(H,13,14,15);(H3,4,5,6,7,8,9);;;;;;;;/q;;4*+1;4*-1. The van der Waals surface area contributed by atoms with Crippen LogP contribution in [0.2, 0.25) is 0 Å². The van der Waals surface area contributed by atoms with E-state index in [1.807, 2.05) is 0 Å². The molecular weight excluding hydrogens is 506 g/mol. The van der Waals surface area contributed by atoms with Crippen molar-refractivity contribution >= 4 is 47.1 Å². The van der Waals surface area contributed by atoms with Gasteiger partial charge in [-0.2, -0.15) is 8.42 Å². The van der Waals surface area contributed by atoms with Crippen LogP contribution in [0.1, 0.15) is 76.8 Å². The van der Waals surface area contributed by atoms with Crippen LogP contribution in [0, 0.1) is 14.3 Å². The van der Waals surface area contributed by atoms with Crippen LogP contribution in [-0.2, 0) is 14.6 Å². The van der Waals surface area contributed by atoms with Crippen LogP contribution in [0.15, 0.2) is 0 Å². The summed E-state index contributed by atoms with van der Waals surface area (Å²) in [5, 5.41) is 0. The Morgan fingerprint density at radius 1 is 0.733 bits per heavy atom. The molecule has 0 radical (unpaired) electrons. The molecule has 0 aromatic carbocycles. The monoisotopic (exact) mass is 539 g/mol. The van der Waals surface area contributed by atoms with Crippen molar-refractivity contribution < 1.29 is 141 Å². The third-order valence-electron chi connectivity index (χ3n) is 3.41. The van der Waals surface area contributed by atoms with Gasteiger partial charge in [0, 0.05) is 0 Å². The summed E-state index contributed by atoms with van der Waals surface area (Å²) in [5.41, 5.74) is 0. The zero-order valence-corrected chi connectivity index (χ0v) is 30.3. The number of H-pyrrole nitrogens is 3. The summed E-state index contributed by atoms with van der Waals surface area (Å²) in [7, 11) is -4.23. The summed E-state index contributed by atoms with van der Waals surface area (Å²) in [6.07, 6.45) is 11.9. The maximum Gasteiger partial charge on any atom is 1.00 e. The summed E-state index contributed by atoms with van der Waals surface area (Å²) in [6.45, 7) is 2.31. The Kier molecular flexibility index (Phi) is 41.8. The zero-order valence-electron chi connectivity index (χ0n) is 23.1. The second kappa shape index (κ2) is 28.8. The predicted octanol–water partition coefficient (Wildman–Crippen LogP) is -5.95. The molecule has 0 unspecified atom stereocenters. The largest absolute Gasteiger partial charge is 1.00 e. The smallest absolute Gasteiger partial charge is 1.00 e. The van der Waals surface area contributed by atoms with E-state index in [1.165, 1.54) is 44.9 Å². The SMILES string of the molecule is CCCCCCCCCCCCOS(=O)(=O)O.S=c1[nH]c(=S)[nH]c(=S)[nH]1.[H-].[H-].[H-].[H-].[Na+].[Na+].[Na+].[Na+]. The van der Waals surface area contributed by atoms with Crippen molar-refractivity contribution in [3.63, 3.8) is 0 Å². The summed E-state index contributed by atoms with van der Waals surface area (Å²) in [4.78, 5) is 7.99. The second-order valence-electron chi connectivity index (χ2n) is 5.79. The van der Waals surface area contributed by atoms with Crippen molar-refractivity contribution in [2.75, 3.05) is 6.61 Å². The first-order valence-corrected chi connectivity index (χ1v) is 11.4. The van der Waals surface area contributed by atoms with Gasteiger partial charge in [0.15, 0.2) is 14.3 Å². The van der Waals surface area contributed by atoms with Crippen molar-refractivity contribution in [1.82, 2.24) is 15.0 Å². The molecule has 4 N–H and O–H groups in total. The number of nitrogens with one attached hydrogen (secondary N) is 3. The summed E-state index contributed by atoms with van der Waals surface area (Å²) >= 11 is 14.2. The Morgan fingerprint density at radius 3 is 1.33 bits per heavy atom. The van der Waals surface area contributed by atoms with E-state index in [9.17, 15) is 8.42 Å². The normalized spacial score (nSPS) is 9.53. The minimum atomic E-state index is -4.23. The van der Waals surface area contributed by atoms with Gasteiger partial charge in [0.25, 0.3) is 0 Å². The number of aromatic amines is 3. The second-order valence-corrected chi connectivity index (χ2v) is 8.11. The molecule has 0 aliphatic heterocycles. The van der Waals surface area contributed by atoms with Gasteiger partial charge < -0.3 is 20.7 Å². The fraction of sp³-hybridized carbons (Fsp3) is 0.800. The van der Waals surface area contributed by atoms with Gasteiger partial charge in [-0.25, -0.2) is 4.18 Å². The van der Waals surface area contributed by atoms with Crippen LogP contribution in [0.4, 0.5) is 0 Å². The molecule has 0 amide bonds. The van der Waals surface area contributed by atoms with Gasteiger partial charge in [0.1, 0.15) is 0 Å². The summed E-state index contributed by atoms with van der Waals surface area (Å²) in [5.74, 6) is 0. The van der Waals surface area contributed by atoms with Gasteiger partial charge in [-0.1, -0.05) is 64.7 Å². The Morgan fingerprint density at radius 2 is 1.03 bits per heavy atom. The third kappa shape index (κ3) is 33.7. The van der Waals surface area contributed by atoms with Gasteiger partial charge in [0.2, 0.25) is 0 Å². The van der Waals surface area contributed by atoms with Gasteiger partial charge in [0.05, 0.1) is 6.61 Å². The van der Waals surface area contributed by atoms with Crippen LogP contribution in [-0.4, -0.2) is 34.5 Å². The van der Waals surface area contributed by atoms with E-state index in [1.54, 1.807) is 0 Å². The molecule has 0 aliphatic carbocycles. The average Bonchev–Trinajstić information content (AvgIpc) is 2.51. The molecule has 1 heterocycles. The van der Waals surface area contributed by atoms with Gasteiger partial charge >= 0.3 is 129 Å². The van der Waals surface area contributed by atoms with Crippen LogP contribution >= 0.6 is 36.7 Å². The van der Waals surface area contributed by atoms with E-state index in [0.29, 0.717) is 20.7 Å². The summed E-state index contributed by atoms with van der Waals surface area (Å²) in [6, 6.07) is 0. The Bertz CT molecular complexity index is 696. The fourth-order valence-corrected chi connectivity index (χ4v) is 3.29. The first-order chi connectivity index (χ1) is 12.2. The number of unbranched alkanes of at least 4 members (excludes halogenated alkanes) is 9. The Balaban J connectivity index is -0.0000000465. The molecule has 160 valence electrons. The molecule has 30 heavy (non-hydrogen) atoms. The van der Waals surface area contributed by atoms with Crippen molar-refractivity contribution in [3.05, 3.63) is 14.3 Å².